The zero-order chi connectivity index (χ0) is 24.2. The minimum absolute atomic E-state index is 0.000389. The van der Waals surface area contributed by atoms with Crippen LogP contribution in [0.2, 0.25) is 5.02 Å². The summed E-state index contributed by atoms with van der Waals surface area (Å²) >= 11 is 6.12. The molecule has 2 aromatic carbocycles. The molecule has 178 valence electrons. The Kier molecular flexibility index (Phi) is 8.01. The zero-order valence-corrected chi connectivity index (χ0v) is 19.3. The van der Waals surface area contributed by atoms with Gasteiger partial charge >= 0.3 is 0 Å². The van der Waals surface area contributed by atoms with Crippen LogP contribution in [0, 0.1) is 11.6 Å². The van der Waals surface area contributed by atoms with Gasteiger partial charge in [-0.1, -0.05) is 11.6 Å². The quantitative estimate of drug-likeness (QED) is 0.635. The molecule has 0 radical (unpaired) electrons. The van der Waals surface area contributed by atoms with Crippen molar-refractivity contribution < 1.29 is 26.8 Å². The van der Waals surface area contributed by atoms with Crippen LogP contribution in [0.25, 0.3) is 0 Å². The van der Waals surface area contributed by atoms with E-state index >= 15 is 0 Å². The summed E-state index contributed by atoms with van der Waals surface area (Å²) in [6.07, 6.45) is 0.481. The maximum absolute atomic E-state index is 13.7. The van der Waals surface area contributed by atoms with E-state index in [2.05, 4.69) is 10.6 Å². The SMILES string of the molecule is CC(=O)Nc1ccc(S(=O)(=O)N2CCCN(CC(=O)Nc3ccc(F)cc3F)CC2)cc1Cl. The van der Waals surface area contributed by atoms with Gasteiger partial charge in [0.1, 0.15) is 11.6 Å². The molecule has 1 heterocycles. The number of carbonyl (C=O) groups is 2. The third-order valence-electron chi connectivity index (χ3n) is 5.01. The van der Waals surface area contributed by atoms with Crippen LogP contribution in [0.1, 0.15) is 13.3 Å². The van der Waals surface area contributed by atoms with Crippen molar-refractivity contribution in [1.29, 1.82) is 0 Å². The fourth-order valence-electron chi connectivity index (χ4n) is 3.43. The molecule has 0 saturated carbocycles. The molecule has 12 heteroatoms. The van der Waals surface area contributed by atoms with Crippen LogP contribution in [-0.2, 0) is 19.6 Å². The first-order chi connectivity index (χ1) is 15.6. The maximum atomic E-state index is 13.7. The van der Waals surface area contributed by atoms with Crippen LogP contribution < -0.4 is 10.6 Å². The summed E-state index contributed by atoms with van der Waals surface area (Å²) in [7, 11) is -3.84. The third kappa shape index (κ3) is 6.47. The lowest BCUT2D eigenvalue weighted by molar-refractivity contribution is -0.117. The van der Waals surface area contributed by atoms with E-state index in [4.69, 9.17) is 11.6 Å². The Labute approximate surface area is 195 Å². The van der Waals surface area contributed by atoms with Crippen molar-refractivity contribution in [2.24, 2.45) is 0 Å². The molecule has 3 rings (SSSR count). The first-order valence-corrected chi connectivity index (χ1v) is 11.9. The second kappa shape index (κ2) is 10.6. The summed E-state index contributed by atoms with van der Waals surface area (Å²) in [5.74, 6) is -2.44. The Morgan fingerprint density at radius 3 is 2.39 bits per heavy atom. The fourth-order valence-corrected chi connectivity index (χ4v) is 5.21. The van der Waals surface area contributed by atoms with Gasteiger partial charge in [0.15, 0.2) is 0 Å². The lowest BCUT2D eigenvalue weighted by atomic mass is 10.3. The lowest BCUT2D eigenvalue weighted by Gasteiger charge is -2.22. The molecule has 2 amide bonds. The molecule has 2 N–H and O–H groups in total. The molecular weight excluding hydrogens is 478 g/mol. The molecule has 0 bridgehead atoms. The summed E-state index contributed by atoms with van der Waals surface area (Å²) in [5.41, 5.74) is 0.189. The number of sulfonamides is 1. The number of nitrogens with zero attached hydrogens (tertiary/aromatic N) is 2. The molecule has 0 atom stereocenters. The molecule has 1 aliphatic rings. The molecule has 33 heavy (non-hydrogen) atoms. The number of benzene rings is 2. The van der Waals surface area contributed by atoms with Crippen LogP contribution in [0.15, 0.2) is 41.3 Å². The van der Waals surface area contributed by atoms with Crippen molar-refractivity contribution >= 4 is 44.8 Å². The molecule has 1 fully saturated rings. The molecule has 1 aliphatic heterocycles. The maximum Gasteiger partial charge on any atom is 0.243 e. The fraction of sp³-hybridized carbons (Fsp3) is 0.333. The summed E-state index contributed by atoms with van der Waals surface area (Å²) in [4.78, 5) is 25.3. The van der Waals surface area contributed by atoms with Crippen molar-refractivity contribution in [2.45, 2.75) is 18.2 Å². The highest BCUT2D eigenvalue weighted by Gasteiger charge is 2.28. The highest BCUT2D eigenvalue weighted by molar-refractivity contribution is 7.89. The van der Waals surface area contributed by atoms with E-state index in [9.17, 15) is 26.8 Å². The number of amides is 2. The topological polar surface area (TPSA) is 98.8 Å². The van der Waals surface area contributed by atoms with Gasteiger partial charge in [-0.15, -0.1) is 0 Å². The summed E-state index contributed by atoms with van der Waals surface area (Å²) in [6, 6.07) is 6.96. The number of hydrogen-bond acceptors (Lipinski definition) is 5. The van der Waals surface area contributed by atoms with E-state index in [-0.39, 0.29) is 47.7 Å². The van der Waals surface area contributed by atoms with Crippen LogP contribution in [0.5, 0.6) is 0 Å². The molecule has 0 unspecified atom stereocenters. The molecule has 2 aromatic rings. The highest BCUT2D eigenvalue weighted by atomic mass is 35.5. The molecule has 1 saturated heterocycles. The van der Waals surface area contributed by atoms with Crippen LogP contribution in [0.3, 0.4) is 0 Å². The van der Waals surface area contributed by atoms with Crippen LogP contribution in [-0.4, -0.2) is 62.2 Å². The normalized spacial score (nSPS) is 15.6. The Balaban J connectivity index is 1.62. The second-order valence-corrected chi connectivity index (χ2v) is 9.87. The number of rotatable bonds is 6. The average molecular weight is 501 g/mol. The molecule has 8 nitrogen and oxygen atoms in total. The number of nitrogens with one attached hydrogen (secondary N) is 2. The van der Waals surface area contributed by atoms with Crippen molar-refractivity contribution in [3.63, 3.8) is 0 Å². The van der Waals surface area contributed by atoms with Gasteiger partial charge < -0.3 is 10.6 Å². The van der Waals surface area contributed by atoms with Gasteiger partial charge in [-0.3, -0.25) is 14.5 Å². The van der Waals surface area contributed by atoms with E-state index in [1.54, 1.807) is 4.90 Å². The number of carbonyl (C=O) groups excluding carboxylic acids is 2. The van der Waals surface area contributed by atoms with E-state index in [0.29, 0.717) is 24.7 Å². The Morgan fingerprint density at radius 2 is 1.73 bits per heavy atom. The predicted molar refractivity (Wildman–Crippen MR) is 121 cm³/mol. The van der Waals surface area contributed by atoms with Crippen molar-refractivity contribution in [1.82, 2.24) is 9.21 Å². The van der Waals surface area contributed by atoms with Gasteiger partial charge in [0.2, 0.25) is 21.8 Å². The summed E-state index contributed by atoms with van der Waals surface area (Å²) in [5, 5.41) is 5.03. The second-order valence-electron chi connectivity index (χ2n) is 7.53. The van der Waals surface area contributed by atoms with Crippen molar-refractivity contribution in [3.05, 3.63) is 53.1 Å². The zero-order valence-electron chi connectivity index (χ0n) is 17.8. The third-order valence-corrected chi connectivity index (χ3v) is 7.22. The number of anilines is 2. The largest absolute Gasteiger partial charge is 0.325 e. The van der Waals surface area contributed by atoms with Gasteiger partial charge in [0.25, 0.3) is 0 Å². The Bertz CT molecular complexity index is 1160. The minimum Gasteiger partial charge on any atom is -0.325 e. The highest BCUT2D eigenvalue weighted by Crippen LogP contribution is 2.27. The van der Waals surface area contributed by atoms with E-state index in [0.717, 1.165) is 12.1 Å². The average Bonchev–Trinajstić information content (AvgIpc) is 2.97. The monoisotopic (exact) mass is 500 g/mol. The van der Waals surface area contributed by atoms with Gasteiger partial charge in [-0.25, -0.2) is 17.2 Å². The summed E-state index contributed by atoms with van der Waals surface area (Å²) < 4.78 is 54.2. The lowest BCUT2D eigenvalue weighted by Crippen LogP contribution is -2.38. The minimum atomic E-state index is -3.84. The Hall–Kier alpha value is -2.60. The van der Waals surface area contributed by atoms with Crippen LogP contribution in [0.4, 0.5) is 20.2 Å². The van der Waals surface area contributed by atoms with Crippen LogP contribution >= 0.6 is 11.6 Å². The first-order valence-electron chi connectivity index (χ1n) is 10.1. The molecule has 0 aliphatic carbocycles. The molecular formula is C21H23ClF2N4O4S. The van der Waals surface area contributed by atoms with Crippen molar-refractivity contribution in [2.75, 3.05) is 43.4 Å². The first kappa shape index (κ1) is 25.0. The molecule has 0 aromatic heterocycles. The van der Waals surface area contributed by atoms with Crippen molar-refractivity contribution in [3.8, 4) is 0 Å². The smallest absolute Gasteiger partial charge is 0.243 e. The van der Waals surface area contributed by atoms with E-state index in [1.165, 1.54) is 29.4 Å². The Morgan fingerprint density at radius 1 is 1.00 bits per heavy atom. The van der Waals surface area contributed by atoms with Gasteiger partial charge in [0.05, 0.1) is 27.8 Å². The molecule has 0 spiro atoms. The standard InChI is InChI=1S/C21H23ClF2N4O4S/c1-14(29)25-19-6-4-16(12-17(19)22)33(31,32)28-8-2-7-27(9-10-28)13-21(30)26-20-5-3-15(23)11-18(20)24/h3-6,11-12H,2,7-10,13H2,1H3,(H,25,29)(H,26,30). The predicted octanol–water partition coefficient (Wildman–Crippen LogP) is 2.91. The van der Waals surface area contributed by atoms with Gasteiger partial charge in [-0.05, 0) is 43.3 Å². The van der Waals surface area contributed by atoms with Gasteiger partial charge in [-0.2, -0.15) is 4.31 Å². The van der Waals surface area contributed by atoms with E-state index < -0.39 is 27.6 Å². The summed E-state index contributed by atoms with van der Waals surface area (Å²) in [6.45, 7) is 2.40. The number of hydrogen-bond donors (Lipinski definition) is 2. The van der Waals surface area contributed by atoms with E-state index in [1.807, 2.05) is 0 Å². The number of halogens is 3. The van der Waals surface area contributed by atoms with Gasteiger partial charge in [0, 0.05) is 32.6 Å².